The smallest absolute Gasteiger partial charge is 0.120 e. The van der Waals surface area contributed by atoms with Gasteiger partial charge < -0.3 is 5.11 Å². The summed E-state index contributed by atoms with van der Waals surface area (Å²) in [7, 11) is 0. The highest BCUT2D eigenvalue weighted by Gasteiger charge is 2.34. The zero-order valence-corrected chi connectivity index (χ0v) is 8.22. The Morgan fingerprint density at radius 1 is 1.15 bits per heavy atom. The van der Waals surface area contributed by atoms with Gasteiger partial charge in [0.15, 0.2) is 0 Å². The SMILES string of the molecule is Oc1ccccc1C1(Cl)CCCC1. The van der Waals surface area contributed by atoms with Gasteiger partial charge in [-0.3, -0.25) is 0 Å². The molecular weight excluding hydrogens is 184 g/mol. The maximum Gasteiger partial charge on any atom is 0.120 e. The van der Waals surface area contributed by atoms with Crippen LogP contribution in [0.1, 0.15) is 31.2 Å². The van der Waals surface area contributed by atoms with Crippen LogP contribution < -0.4 is 0 Å². The number of aromatic hydroxyl groups is 1. The number of benzene rings is 1. The van der Waals surface area contributed by atoms with E-state index in [2.05, 4.69) is 0 Å². The highest BCUT2D eigenvalue weighted by molar-refractivity contribution is 6.24. The molecule has 0 amide bonds. The summed E-state index contributed by atoms with van der Waals surface area (Å²) in [5.41, 5.74) is 0.897. The van der Waals surface area contributed by atoms with Crippen molar-refractivity contribution in [2.45, 2.75) is 30.6 Å². The predicted molar refractivity (Wildman–Crippen MR) is 54.1 cm³/mol. The first-order chi connectivity index (χ1) is 6.22. The Kier molecular flexibility index (Phi) is 2.20. The third-order valence-corrected chi connectivity index (χ3v) is 3.36. The van der Waals surface area contributed by atoms with Gasteiger partial charge in [0.25, 0.3) is 0 Å². The topological polar surface area (TPSA) is 20.2 Å². The lowest BCUT2D eigenvalue weighted by Crippen LogP contribution is -2.12. The van der Waals surface area contributed by atoms with Crippen molar-refractivity contribution in [1.29, 1.82) is 0 Å². The summed E-state index contributed by atoms with van der Waals surface area (Å²) >= 11 is 6.44. The molecule has 1 aliphatic rings. The molecule has 0 saturated heterocycles. The van der Waals surface area contributed by atoms with Crippen molar-refractivity contribution in [3.05, 3.63) is 29.8 Å². The number of phenolic OH excluding ortho intramolecular Hbond substituents is 1. The van der Waals surface area contributed by atoms with Crippen LogP contribution in [0.25, 0.3) is 0 Å². The average molecular weight is 197 g/mol. The fourth-order valence-corrected chi connectivity index (χ4v) is 2.48. The number of phenols is 1. The fourth-order valence-electron chi connectivity index (χ4n) is 2.06. The van der Waals surface area contributed by atoms with Crippen LogP contribution in [0.2, 0.25) is 0 Å². The van der Waals surface area contributed by atoms with Crippen molar-refractivity contribution in [3.8, 4) is 5.75 Å². The molecule has 0 bridgehead atoms. The molecule has 0 unspecified atom stereocenters. The summed E-state index contributed by atoms with van der Waals surface area (Å²) in [6.07, 6.45) is 4.29. The molecule has 2 rings (SSSR count). The third kappa shape index (κ3) is 1.53. The largest absolute Gasteiger partial charge is 0.508 e. The molecule has 70 valence electrons. The number of alkyl halides is 1. The van der Waals surface area contributed by atoms with Gasteiger partial charge in [-0.15, -0.1) is 11.6 Å². The molecule has 1 aromatic carbocycles. The second-order valence-corrected chi connectivity index (χ2v) is 4.41. The second-order valence-electron chi connectivity index (χ2n) is 3.69. The predicted octanol–water partition coefficient (Wildman–Crippen LogP) is 3.40. The lowest BCUT2D eigenvalue weighted by Gasteiger charge is -2.21. The summed E-state index contributed by atoms with van der Waals surface area (Å²) in [4.78, 5) is -0.300. The van der Waals surface area contributed by atoms with E-state index >= 15 is 0 Å². The molecule has 0 radical (unpaired) electrons. The van der Waals surface area contributed by atoms with Gasteiger partial charge in [0, 0.05) is 5.56 Å². The first-order valence-corrected chi connectivity index (χ1v) is 5.08. The Hall–Kier alpha value is -0.690. The van der Waals surface area contributed by atoms with Crippen LogP contribution in [-0.2, 0) is 4.87 Å². The Morgan fingerprint density at radius 3 is 2.38 bits per heavy atom. The number of para-hydroxylation sites is 1. The van der Waals surface area contributed by atoms with Crippen LogP contribution >= 0.6 is 11.6 Å². The lowest BCUT2D eigenvalue weighted by molar-refractivity contribution is 0.454. The Balaban J connectivity index is 2.39. The molecule has 1 aliphatic carbocycles. The highest BCUT2D eigenvalue weighted by atomic mass is 35.5. The van der Waals surface area contributed by atoms with Gasteiger partial charge in [0.2, 0.25) is 0 Å². The van der Waals surface area contributed by atoms with E-state index in [0.29, 0.717) is 5.75 Å². The van der Waals surface area contributed by atoms with Crippen LogP contribution in [0, 0.1) is 0 Å². The number of hydrogen-bond donors (Lipinski definition) is 1. The molecule has 0 aromatic heterocycles. The van der Waals surface area contributed by atoms with E-state index in [1.807, 2.05) is 18.2 Å². The summed E-state index contributed by atoms with van der Waals surface area (Å²) < 4.78 is 0. The van der Waals surface area contributed by atoms with E-state index in [-0.39, 0.29) is 4.87 Å². The van der Waals surface area contributed by atoms with Crippen molar-refractivity contribution < 1.29 is 5.11 Å². The minimum absolute atomic E-state index is 0.300. The Morgan fingerprint density at radius 2 is 1.77 bits per heavy atom. The van der Waals surface area contributed by atoms with E-state index in [0.717, 1.165) is 31.2 Å². The molecule has 0 atom stereocenters. The Labute approximate surface area is 83.3 Å². The zero-order chi connectivity index (χ0) is 9.31. The quantitative estimate of drug-likeness (QED) is 0.683. The van der Waals surface area contributed by atoms with E-state index < -0.39 is 0 Å². The van der Waals surface area contributed by atoms with Gasteiger partial charge in [0.05, 0.1) is 4.87 Å². The van der Waals surface area contributed by atoms with Crippen molar-refractivity contribution in [3.63, 3.8) is 0 Å². The van der Waals surface area contributed by atoms with Crippen molar-refractivity contribution in [1.82, 2.24) is 0 Å². The fraction of sp³-hybridized carbons (Fsp3) is 0.455. The average Bonchev–Trinajstić information content (AvgIpc) is 2.54. The molecule has 1 nitrogen and oxygen atoms in total. The normalized spacial score (nSPS) is 20.4. The van der Waals surface area contributed by atoms with E-state index in [4.69, 9.17) is 11.6 Å². The molecular formula is C11H13ClO. The van der Waals surface area contributed by atoms with Crippen LogP contribution in [0.4, 0.5) is 0 Å². The standard InChI is InChI=1S/C11H13ClO/c12-11(7-3-4-8-11)9-5-1-2-6-10(9)13/h1-2,5-6,13H,3-4,7-8H2. The first kappa shape index (κ1) is 8.89. The van der Waals surface area contributed by atoms with E-state index in [1.165, 1.54) is 0 Å². The summed E-state index contributed by atoms with van der Waals surface area (Å²) in [6, 6.07) is 7.39. The van der Waals surface area contributed by atoms with Crippen molar-refractivity contribution in [2.75, 3.05) is 0 Å². The van der Waals surface area contributed by atoms with Gasteiger partial charge in [-0.25, -0.2) is 0 Å². The van der Waals surface area contributed by atoms with Crippen molar-refractivity contribution >= 4 is 11.6 Å². The molecule has 2 heteroatoms. The number of hydrogen-bond acceptors (Lipinski definition) is 1. The Bertz CT molecular complexity index is 303. The lowest BCUT2D eigenvalue weighted by atomic mass is 9.96. The summed E-state index contributed by atoms with van der Waals surface area (Å²) in [5, 5.41) is 9.65. The molecule has 13 heavy (non-hydrogen) atoms. The van der Waals surface area contributed by atoms with Gasteiger partial charge >= 0.3 is 0 Å². The summed E-state index contributed by atoms with van der Waals surface area (Å²) in [6.45, 7) is 0. The van der Waals surface area contributed by atoms with Gasteiger partial charge in [-0.2, -0.15) is 0 Å². The number of halogens is 1. The second kappa shape index (κ2) is 3.22. The molecule has 0 aliphatic heterocycles. The maximum atomic E-state index is 9.65. The minimum atomic E-state index is -0.300. The molecule has 1 N–H and O–H groups in total. The molecule has 1 fully saturated rings. The van der Waals surface area contributed by atoms with Crippen LogP contribution in [-0.4, -0.2) is 5.11 Å². The van der Waals surface area contributed by atoms with Crippen LogP contribution in [0.5, 0.6) is 5.75 Å². The molecule has 1 saturated carbocycles. The minimum Gasteiger partial charge on any atom is -0.508 e. The molecule has 0 spiro atoms. The maximum absolute atomic E-state index is 9.65. The van der Waals surface area contributed by atoms with Crippen molar-refractivity contribution in [2.24, 2.45) is 0 Å². The number of rotatable bonds is 1. The van der Waals surface area contributed by atoms with Gasteiger partial charge in [-0.05, 0) is 18.9 Å². The van der Waals surface area contributed by atoms with Gasteiger partial charge in [-0.1, -0.05) is 31.0 Å². The summed E-state index contributed by atoms with van der Waals surface area (Å²) in [5.74, 6) is 0.333. The molecule has 1 aromatic rings. The third-order valence-electron chi connectivity index (χ3n) is 2.78. The van der Waals surface area contributed by atoms with E-state index in [9.17, 15) is 5.11 Å². The molecule has 0 heterocycles. The zero-order valence-electron chi connectivity index (χ0n) is 7.46. The van der Waals surface area contributed by atoms with Gasteiger partial charge in [0.1, 0.15) is 5.75 Å². The monoisotopic (exact) mass is 196 g/mol. The van der Waals surface area contributed by atoms with E-state index in [1.54, 1.807) is 6.07 Å². The van der Waals surface area contributed by atoms with Crippen LogP contribution in [0.3, 0.4) is 0 Å². The van der Waals surface area contributed by atoms with Crippen LogP contribution in [0.15, 0.2) is 24.3 Å². The first-order valence-electron chi connectivity index (χ1n) is 4.70. The highest BCUT2D eigenvalue weighted by Crippen LogP contribution is 2.47.